The zero-order valence-corrected chi connectivity index (χ0v) is 12.9. The predicted octanol–water partition coefficient (Wildman–Crippen LogP) is 3.00. The van der Waals surface area contributed by atoms with E-state index in [1.165, 1.54) is 5.56 Å². The Morgan fingerprint density at radius 2 is 1.82 bits per heavy atom. The van der Waals surface area contributed by atoms with Crippen LogP contribution in [0.5, 0.6) is 0 Å². The zero-order chi connectivity index (χ0) is 15.5. The first kappa shape index (κ1) is 14.7. The lowest BCUT2D eigenvalue weighted by Crippen LogP contribution is -2.48. The maximum Gasteiger partial charge on any atom is 0.270 e. The summed E-state index contributed by atoms with van der Waals surface area (Å²) in [7, 11) is 0. The average Bonchev–Trinajstić information content (AvgIpc) is 2.51. The van der Waals surface area contributed by atoms with Gasteiger partial charge in [0.2, 0.25) is 0 Å². The monoisotopic (exact) mass is 296 g/mol. The normalized spacial score (nSPS) is 14.7. The van der Waals surface area contributed by atoms with E-state index in [9.17, 15) is 4.79 Å². The van der Waals surface area contributed by atoms with E-state index in [4.69, 9.17) is 4.74 Å². The van der Waals surface area contributed by atoms with Gasteiger partial charge in [0.25, 0.3) is 5.91 Å². The molecule has 1 amide bonds. The molecule has 1 aromatic heterocycles. The number of hydrogen-bond acceptors (Lipinski definition) is 3. The van der Waals surface area contributed by atoms with Gasteiger partial charge < -0.3 is 10.1 Å². The minimum atomic E-state index is -0.144. The van der Waals surface area contributed by atoms with Gasteiger partial charge in [0, 0.05) is 11.8 Å². The fourth-order valence-electron chi connectivity index (χ4n) is 2.34. The first-order chi connectivity index (χ1) is 10.6. The molecular weight excluding hydrogens is 276 g/mol. The van der Waals surface area contributed by atoms with Crippen LogP contribution in [0.3, 0.4) is 0 Å². The van der Waals surface area contributed by atoms with Gasteiger partial charge >= 0.3 is 0 Å². The summed E-state index contributed by atoms with van der Waals surface area (Å²) in [6.07, 6.45) is 1.75. The molecule has 1 saturated heterocycles. The average molecular weight is 296 g/mol. The molecule has 0 aliphatic carbocycles. The van der Waals surface area contributed by atoms with Crippen LogP contribution in [0.2, 0.25) is 0 Å². The Bertz CT molecular complexity index is 644. The summed E-state index contributed by atoms with van der Waals surface area (Å²) in [4.78, 5) is 16.3. The van der Waals surface area contributed by atoms with Gasteiger partial charge in [-0.3, -0.25) is 9.78 Å². The molecule has 1 N–H and O–H groups in total. The van der Waals surface area contributed by atoms with E-state index in [0.29, 0.717) is 24.8 Å². The van der Waals surface area contributed by atoms with E-state index in [-0.39, 0.29) is 11.9 Å². The standard InChI is InChI=1S/C18H20N2O2/c1-12(2)13-3-5-14(6-4-13)15-7-8-17(19-9-15)18(21)20-16-10-22-11-16/h3-9,12,16H,10-11H2,1-2H3,(H,20,21). The third kappa shape index (κ3) is 3.17. The van der Waals surface area contributed by atoms with E-state index in [1.54, 1.807) is 12.3 Å². The van der Waals surface area contributed by atoms with Crippen molar-refractivity contribution in [2.24, 2.45) is 0 Å². The van der Waals surface area contributed by atoms with Gasteiger partial charge in [-0.2, -0.15) is 0 Å². The van der Waals surface area contributed by atoms with E-state index in [2.05, 4.69) is 48.4 Å². The molecule has 4 heteroatoms. The van der Waals surface area contributed by atoms with Crippen LogP contribution in [-0.2, 0) is 4.74 Å². The van der Waals surface area contributed by atoms with E-state index in [0.717, 1.165) is 11.1 Å². The fraction of sp³-hybridized carbons (Fsp3) is 0.333. The molecule has 3 rings (SSSR count). The highest BCUT2D eigenvalue weighted by Gasteiger charge is 2.21. The quantitative estimate of drug-likeness (QED) is 0.943. The van der Waals surface area contributed by atoms with Crippen molar-refractivity contribution in [3.05, 3.63) is 53.9 Å². The minimum Gasteiger partial charge on any atom is -0.377 e. The van der Waals surface area contributed by atoms with E-state index in [1.807, 2.05) is 6.07 Å². The maximum atomic E-state index is 12.0. The summed E-state index contributed by atoms with van der Waals surface area (Å²) in [6, 6.07) is 12.3. The van der Waals surface area contributed by atoms with Crippen molar-refractivity contribution in [2.45, 2.75) is 25.8 Å². The molecular formula is C18H20N2O2. The number of carbonyl (C=O) groups excluding carboxylic acids is 1. The molecule has 22 heavy (non-hydrogen) atoms. The van der Waals surface area contributed by atoms with Crippen LogP contribution in [0.25, 0.3) is 11.1 Å². The highest BCUT2D eigenvalue weighted by atomic mass is 16.5. The molecule has 1 aliphatic rings. The van der Waals surface area contributed by atoms with E-state index < -0.39 is 0 Å². The molecule has 4 nitrogen and oxygen atoms in total. The lowest BCUT2D eigenvalue weighted by atomic mass is 9.99. The second-order valence-electron chi connectivity index (χ2n) is 5.92. The molecule has 0 spiro atoms. The Balaban J connectivity index is 1.71. The van der Waals surface area contributed by atoms with Gasteiger partial charge in [-0.1, -0.05) is 44.2 Å². The van der Waals surface area contributed by atoms with Crippen molar-refractivity contribution in [3.63, 3.8) is 0 Å². The molecule has 0 saturated carbocycles. The lowest BCUT2D eigenvalue weighted by molar-refractivity contribution is -0.00354. The fourth-order valence-corrected chi connectivity index (χ4v) is 2.34. The number of aromatic nitrogens is 1. The van der Waals surface area contributed by atoms with Crippen molar-refractivity contribution in [3.8, 4) is 11.1 Å². The van der Waals surface area contributed by atoms with Crippen molar-refractivity contribution in [1.82, 2.24) is 10.3 Å². The number of benzene rings is 1. The number of nitrogens with one attached hydrogen (secondary N) is 1. The molecule has 0 radical (unpaired) electrons. The van der Waals surface area contributed by atoms with Crippen LogP contribution in [0.15, 0.2) is 42.6 Å². The largest absolute Gasteiger partial charge is 0.377 e. The molecule has 0 unspecified atom stereocenters. The Labute approximate surface area is 130 Å². The van der Waals surface area contributed by atoms with Crippen molar-refractivity contribution >= 4 is 5.91 Å². The highest BCUT2D eigenvalue weighted by Crippen LogP contribution is 2.22. The molecule has 1 aromatic carbocycles. The number of amides is 1. The molecule has 114 valence electrons. The molecule has 2 heterocycles. The van der Waals surface area contributed by atoms with Gasteiger partial charge in [0.15, 0.2) is 0 Å². The maximum absolute atomic E-state index is 12.0. The van der Waals surface area contributed by atoms with Crippen LogP contribution in [0.4, 0.5) is 0 Å². The number of hydrogen-bond donors (Lipinski definition) is 1. The summed E-state index contributed by atoms with van der Waals surface area (Å²) >= 11 is 0. The number of ether oxygens (including phenoxy) is 1. The Morgan fingerprint density at radius 3 is 2.32 bits per heavy atom. The summed E-state index contributed by atoms with van der Waals surface area (Å²) in [5.74, 6) is 0.378. The zero-order valence-electron chi connectivity index (χ0n) is 12.9. The SMILES string of the molecule is CC(C)c1ccc(-c2ccc(C(=O)NC3COC3)nc2)cc1. The molecule has 0 bridgehead atoms. The van der Waals surface area contributed by atoms with Crippen LogP contribution in [0.1, 0.15) is 35.8 Å². The predicted molar refractivity (Wildman–Crippen MR) is 85.8 cm³/mol. The van der Waals surface area contributed by atoms with Gasteiger partial charge in [-0.15, -0.1) is 0 Å². The lowest BCUT2D eigenvalue weighted by Gasteiger charge is -2.26. The molecule has 1 aliphatic heterocycles. The minimum absolute atomic E-state index is 0.123. The third-order valence-corrected chi connectivity index (χ3v) is 3.88. The van der Waals surface area contributed by atoms with Gasteiger partial charge in [0.05, 0.1) is 19.3 Å². The molecule has 1 fully saturated rings. The first-order valence-electron chi connectivity index (χ1n) is 7.58. The van der Waals surface area contributed by atoms with E-state index >= 15 is 0 Å². The summed E-state index contributed by atoms with van der Waals surface area (Å²) < 4.78 is 5.04. The number of rotatable bonds is 4. The number of carbonyl (C=O) groups is 1. The smallest absolute Gasteiger partial charge is 0.270 e. The van der Waals surface area contributed by atoms with Crippen LogP contribution in [0, 0.1) is 0 Å². The van der Waals surface area contributed by atoms with Crippen LogP contribution >= 0.6 is 0 Å². The molecule has 0 atom stereocenters. The van der Waals surface area contributed by atoms with Crippen LogP contribution in [-0.4, -0.2) is 30.1 Å². The van der Waals surface area contributed by atoms with Crippen molar-refractivity contribution < 1.29 is 9.53 Å². The highest BCUT2D eigenvalue weighted by molar-refractivity contribution is 5.92. The Morgan fingerprint density at radius 1 is 1.14 bits per heavy atom. The van der Waals surface area contributed by atoms with Gasteiger partial charge in [-0.05, 0) is 23.1 Å². The van der Waals surface area contributed by atoms with Crippen molar-refractivity contribution in [2.75, 3.05) is 13.2 Å². The summed E-state index contributed by atoms with van der Waals surface area (Å²) in [5, 5.41) is 2.89. The summed E-state index contributed by atoms with van der Waals surface area (Å²) in [5.41, 5.74) is 3.87. The summed E-state index contributed by atoms with van der Waals surface area (Å²) in [6.45, 7) is 5.53. The number of pyridine rings is 1. The van der Waals surface area contributed by atoms with Crippen LogP contribution < -0.4 is 5.32 Å². The second kappa shape index (κ2) is 6.28. The van der Waals surface area contributed by atoms with Gasteiger partial charge in [-0.25, -0.2) is 0 Å². The Kier molecular flexibility index (Phi) is 4.20. The topological polar surface area (TPSA) is 51.2 Å². The Hall–Kier alpha value is -2.20. The first-order valence-corrected chi connectivity index (χ1v) is 7.58. The second-order valence-corrected chi connectivity index (χ2v) is 5.92. The van der Waals surface area contributed by atoms with Crippen molar-refractivity contribution in [1.29, 1.82) is 0 Å². The molecule has 2 aromatic rings. The number of nitrogens with zero attached hydrogens (tertiary/aromatic N) is 1. The third-order valence-electron chi connectivity index (χ3n) is 3.88. The van der Waals surface area contributed by atoms with Gasteiger partial charge in [0.1, 0.15) is 5.69 Å².